The van der Waals surface area contributed by atoms with Crippen molar-refractivity contribution in [3.05, 3.63) is 0 Å². The molecule has 0 bridgehead atoms. The van der Waals surface area contributed by atoms with Gasteiger partial charge in [-0.2, -0.15) is 0 Å². The van der Waals surface area contributed by atoms with Crippen LogP contribution in [0.5, 0.6) is 0 Å². The van der Waals surface area contributed by atoms with E-state index in [1.54, 1.807) is 12.5 Å². The number of hydrogen-bond donors (Lipinski definition) is 2. The van der Waals surface area contributed by atoms with Crippen LogP contribution in [0.25, 0.3) is 0 Å². The fraction of sp³-hybridized carbons (Fsp3) is 0.833. The predicted octanol–water partition coefficient (Wildman–Crippen LogP) is -0.772. The molecule has 1 fully saturated rings. The van der Waals surface area contributed by atoms with E-state index >= 15 is 0 Å². The zero-order valence-corrected chi connectivity index (χ0v) is 9.76. The standard InChI is InChI=1S/C6H12N2O2.O.Sn/c1-4-8(3)5(2)6(9)7-10;;/h5,10H,1-2,4H2,3H3,(H,7,9);;. The van der Waals surface area contributed by atoms with Crippen molar-refractivity contribution in [1.29, 1.82) is 0 Å². The Kier molecular flexibility index (Phi) is 3.60. The van der Waals surface area contributed by atoms with Crippen molar-refractivity contribution in [3.63, 3.8) is 0 Å². The van der Waals surface area contributed by atoms with Crippen LogP contribution in [0.15, 0.2) is 0 Å². The van der Waals surface area contributed by atoms with Gasteiger partial charge < -0.3 is 0 Å². The van der Waals surface area contributed by atoms with Crippen LogP contribution in [0.1, 0.15) is 0 Å². The molecule has 0 aromatic heterocycles. The van der Waals surface area contributed by atoms with Gasteiger partial charge in [0.1, 0.15) is 0 Å². The first kappa shape index (κ1) is 10.1. The number of hydrogen-bond acceptors (Lipinski definition) is 4. The van der Waals surface area contributed by atoms with Gasteiger partial charge in [-0.25, -0.2) is 0 Å². The summed E-state index contributed by atoms with van der Waals surface area (Å²) in [5.41, 5.74) is 1.60. The monoisotopic (exact) mass is 280 g/mol. The Hall–Kier alpha value is -0.0113. The van der Waals surface area contributed by atoms with Crippen molar-refractivity contribution in [2.75, 3.05) is 13.6 Å². The second-order valence-electron chi connectivity index (χ2n) is 2.97. The van der Waals surface area contributed by atoms with E-state index in [4.69, 9.17) is 5.21 Å². The van der Waals surface area contributed by atoms with Gasteiger partial charge in [0.25, 0.3) is 0 Å². The van der Waals surface area contributed by atoms with Crippen molar-refractivity contribution >= 4 is 25.7 Å². The van der Waals surface area contributed by atoms with Gasteiger partial charge in [-0.05, 0) is 0 Å². The van der Waals surface area contributed by atoms with Gasteiger partial charge >= 0.3 is 77.6 Å². The van der Waals surface area contributed by atoms with Crippen LogP contribution in [0, 0.1) is 0 Å². The van der Waals surface area contributed by atoms with Crippen molar-refractivity contribution in [1.82, 2.24) is 10.4 Å². The van der Waals surface area contributed by atoms with Gasteiger partial charge in [0.05, 0.1) is 0 Å². The summed E-state index contributed by atoms with van der Waals surface area (Å²) in [6.07, 6.45) is 0. The van der Waals surface area contributed by atoms with E-state index in [1.807, 2.05) is 4.90 Å². The summed E-state index contributed by atoms with van der Waals surface area (Å²) in [5.74, 6) is -0.439. The van der Waals surface area contributed by atoms with E-state index in [0.717, 1.165) is 4.44 Å². The molecule has 2 N–H and O–H groups in total. The number of rotatable bonds is 1. The minimum atomic E-state index is -2.44. The van der Waals surface area contributed by atoms with Crippen molar-refractivity contribution in [3.8, 4) is 0 Å². The third kappa shape index (κ3) is 2.24. The quantitative estimate of drug-likeness (QED) is 0.375. The molecule has 1 aliphatic rings. The number of nitrogens with one attached hydrogen (secondary N) is 1. The summed E-state index contributed by atoms with van der Waals surface area (Å²) in [4.78, 5) is 12.8. The molecule has 1 aliphatic heterocycles. The van der Waals surface area contributed by atoms with E-state index in [0.29, 0.717) is 11.0 Å². The summed E-state index contributed by atoms with van der Waals surface area (Å²) in [7, 11) is 1.80. The van der Waals surface area contributed by atoms with E-state index < -0.39 is 25.7 Å². The molecule has 1 heterocycles. The summed E-state index contributed by atoms with van der Waals surface area (Å²) in [5, 5.41) is 8.38. The van der Waals surface area contributed by atoms with Gasteiger partial charge in [-0.1, -0.05) is 0 Å². The summed E-state index contributed by atoms with van der Waals surface area (Å²) in [6, 6.07) is -0.379. The number of carbonyl (C=O) groups is 1. The fourth-order valence-corrected chi connectivity index (χ4v) is 6.25. The third-order valence-electron chi connectivity index (χ3n) is 2.11. The number of amides is 1. The Morgan fingerprint density at radius 1 is 1.75 bits per heavy atom. The zero-order chi connectivity index (χ0) is 9.14. The normalized spacial score (nSPS) is 25.5. The number of carbonyl (C=O) groups excluding carboxylic acids is 1. The average Bonchev–Trinajstić information content (AvgIpc) is 2.08. The Balaban J connectivity index is 2.60. The molecule has 68 valence electrons. The van der Waals surface area contributed by atoms with E-state index in [2.05, 4.69) is 0 Å². The molecule has 5 nitrogen and oxygen atoms in total. The predicted molar refractivity (Wildman–Crippen MR) is 42.4 cm³/mol. The molecule has 0 aromatic rings. The molecule has 0 aromatic carbocycles. The van der Waals surface area contributed by atoms with Gasteiger partial charge in [0, 0.05) is 0 Å². The SMILES string of the molecule is CN1C[CH2][Sn](=[O])[CH2]C1C(=O)NO. The first-order chi connectivity index (χ1) is 5.65. The fourth-order valence-electron chi connectivity index (χ4n) is 1.30. The van der Waals surface area contributed by atoms with Crippen molar-refractivity contribution in [2.45, 2.75) is 14.9 Å². The molecule has 0 saturated carbocycles. The molecule has 0 radical (unpaired) electrons. The number of likely N-dealkylation sites (N-methyl/N-ethyl adjacent to an activating group) is 1. The first-order valence-corrected chi connectivity index (χ1v) is 9.01. The van der Waals surface area contributed by atoms with E-state index in [-0.39, 0.29) is 6.04 Å². The molecule has 1 rings (SSSR count). The second kappa shape index (κ2) is 4.29. The third-order valence-corrected chi connectivity index (χ3v) is 6.74. The molecular weight excluding hydrogens is 267 g/mol. The van der Waals surface area contributed by atoms with Crippen LogP contribution in [0.2, 0.25) is 8.87 Å². The van der Waals surface area contributed by atoms with Gasteiger partial charge in [-0.15, -0.1) is 0 Å². The molecule has 1 saturated heterocycles. The molecule has 0 spiro atoms. The molecule has 1 unspecified atom stereocenters. The summed E-state index contributed by atoms with van der Waals surface area (Å²) >= 11 is -2.44. The average molecular weight is 279 g/mol. The molecule has 6 heteroatoms. The van der Waals surface area contributed by atoms with E-state index in [9.17, 15) is 7.87 Å². The Bertz CT molecular complexity index is 209. The van der Waals surface area contributed by atoms with E-state index in [1.165, 1.54) is 0 Å². The summed E-state index contributed by atoms with van der Waals surface area (Å²) in [6.45, 7) is 0.705. The van der Waals surface area contributed by atoms with Crippen molar-refractivity contribution in [2.24, 2.45) is 0 Å². The Labute approximate surface area is 77.8 Å². The molecule has 1 atom stereocenters. The molecular formula is C6H12N2O3Sn. The molecule has 1 amide bonds. The van der Waals surface area contributed by atoms with Crippen LogP contribution >= 0.6 is 0 Å². The van der Waals surface area contributed by atoms with Crippen molar-refractivity contribution < 1.29 is 13.1 Å². The topological polar surface area (TPSA) is 69.6 Å². The maximum atomic E-state index is 11.2. The Morgan fingerprint density at radius 3 is 3.00 bits per heavy atom. The summed E-state index contributed by atoms with van der Waals surface area (Å²) < 4.78 is 12.5. The molecule has 12 heavy (non-hydrogen) atoms. The number of hydroxylamine groups is 1. The minimum absolute atomic E-state index is 0.379. The van der Waals surface area contributed by atoms with Crippen LogP contribution < -0.4 is 5.48 Å². The first-order valence-electron chi connectivity index (χ1n) is 3.81. The van der Waals surface area contributed by atoms with Crippen LogP contribution in [0.3, 0.4) is 0 Å². The van der Waals surface area contributed by atoms with Crippen LogP contribution in [-0.2, 0) is 7.87 Å². The van der Waals surface area contributed by atoms with Crippen LogP contribution in [0.4, 0.5) is 0 Å². The maximum absolute atomic E-state index is 11.2. The van der Waals surface area contributed by atoms with Gasteiger partial charge in [-0.3, -0.25) is 0 Å². The Morgan fingerprint density at radius 2 is 2.42 bits per heavy atom. The van der Waals surface area contributed by atoms with Gasteiger partial charge in [0.15, 0.2) is 0 Å². The van der Waals surface area contributed by atoms with Gasteiger partial charge in [0.2, 0.25) is 0 Å². The number of nitrogens with zero attached hydrogens (tertiary/aromatic N) is 1. The molecule has 0 aliphatic carbocycles. The van der Waals surface area contributed by atoms with Crippen LogP contribution in [-0.4, -0.2) is 55.4 Å². The zero-order valence-electron chi connectivity index (χ0n) is 6.91. The second-order valence-corrected chi connectivity index (χ2v) is 8.63.